The summed E-state index contributed by atoms with van der Waals surface area (Å²) in [5.74, 6) is 2.02. The van der Waals surface area contributed by atoms with E-state index in [1.165, 1.54) is 5.69 Å². The highest BCUT2D eigenvalue weighted by molar-refractivity contribution is 5.76. The van der Waals surface area contributed by atoms with Crippen molar-refractivity contribution in [3.8, 4) is 11.5 Å². The fourth-order valence-corrected chi connectivity index (χ4v) is 5.32. The van der Waals surface area contributed by atoms with E-state index in [2.05, 4.69) is 32.7 Å². The predicted octanol–water partition coefficient (Wildman–Crippen LogP) is 5.42. The molecule has 1 fully saturated rings. The standard InChI is InChI=1S/C34H36N6O3/c41-32-16-11-26-25-36-34(37-27-12-14-28(15-13-27)39-21-19-35-20-22-39)38-33(26)40(32)29(17-23-42-30-7-3-1-4-8-30)18-24-43-31-9-5-2-6-10-31/h1-16,25,29,35H,17-24H2,(H,36,37,38). The van der Waals surface area contributed by atoms with Gasteiger partial charge in [-0.25, -0.2) is 4.98 Å². The third-order valence-electron chi connectivity index (χ3n) is 7.56. The lowest BCUT2D eigenvalue weighted by atomic mass is 10.1. The first-order chi connectivity index (χ1) is 21.2. The van der Waals surface area contributed by atoms with Gasteiger partial charge in [-0.1, -0.05) is 36.4 Å². The van der Waals surface area contributed by atoms with E-state index in [-0.39, 0.29) is 11.6 Å². The van der Waals surface area contributed by atoms with Gasteiger partial charge in [0.25, 0.3) is 5.56 Å². The van der Waals surface area contributed by atoms with Crippen molar-refractivity contribution in [3.63, 3.8) is 0 Å². The van der Waals surface area contributed by atoms with Crippen LogP contribution >= 0.6 is 0 Å². The van der Waals surface area contributed by atoms with Gasteiger partial charge in [0.2, 0.25) is 5.95 Å². The molecule has 0 radical (unpaired) electrons. The number of ether oxygens (including phenoxy) is 2. The number of nitrogens with one attached hydrogen (secondary N) is 2. The maximum atomic E-state index is 13.4. The number of para-hydroxylation sites is 2. The van der Waals surface area contributed by atoms with E-state index in [4.69, 9.17) is 14.5 Å². The fourth-order valence-electron chi connectivity index (χ4n) is 5.32. The van der Waals surface area contributed by atoms with Crippen LogP contribution in [0.4, 0.5) is 17.3 Å². The first-order valence-corrected chi connectivity index (χ1v) is 14.8. The molecule has 43 heavy (non-hydrogen) atoms. The summed E-state index contributed by atoms with van der Waals surface area (Å²) in [4.78, 5) is 25.1. The molecule has 1 aliphatic rings. The number of hydrogen-bond donors (Lipinski definition) is 2. The summed E-state index contributed by atoms with van der Waals surface area (Å²) in [6, 6.07) is 30.9. The van der Waals surface area contributed by atoms with Crippen LogP contribution in [0.25, 0.3) is 11.0 Å². The van der Waals surface area contributed by atoms with E-state index in [0.29, 0.717) is 37.7 Å². The highest BCUT2D eigenvalue weighted by Crippen LogP contribution is 2.24. The largest absolute Gasteiger partial charge is 0.494 e. The van der Waals surface area contributed by atoms with Gasteiger partial charge >= 0.3 is 0 Å². The summed E-state index contributed by atoms with van der Waals surface area (Å²) in [7, 11) is 0. The van der Waals surface area contributed by atoms with E-state index in [9.17, 15) is 4.79 Å². The van der Waals surface area contributed by atoms with Crippen molar-refractivity contribution in [2.24, 2.45) is 0 Å². The summed E-state index contributed by atoms with van der Waals surface area (Å²) in [5, 5.41) is 7.50. The predicted molar refractivity (Wildman–Crippen MR) is 171 cm³/mol. The van der Waals surface area contributed by atoms with Gasteiger partial charge in [-0.2, -0.15) is 4.98 Å². The van der Waals surface area contributed by atoms with Gasteiger partial charge in [0.1, 0.15) is 17.1 Å². The molecule has 9 heteroatoms. The van der Waals surface area contributed by atoms with Crippen molar-refractivity contribution in [1.29, 1.82) is 0 Å². The zero-order valence-corrected chi connectivity index (χ0v) is 24.1. The van der Waals surface area contributed by atoms with Crippen LogP contribution < -0.4 is 30.6 Å². The average Bonchev–Trinajstić information content (AvgIpc) is 3.06. The quantitative estimate of drug-likeness (QED) is 0.203. The molecule has 0 spiro atoms. The van der Waals surface area contributed by atoms with Crippen LogP contribution in [0.5, 0.6) is 11.5 Å². The third kappa shape index (κ3) is 7.31. The Morgan fingerprint density at radius 2 is 1.42 bits per heavy atom. The molecule has 9 nitrogen and oxygen atoms in total. The van der Waals surface area contributed by atoms with Crippen LogP contribution in [0, 0.1) is 0 Å². The first-order valence-electron chi connectivity index (χ1n) is 14.8. The second-order valence-corrected chi connectivity index (χ2v) is 10.5. The Bertz CT molecular complexity index is 1610. The molecule has 0 unspecified atom stereocenters. The molecular weight excluding hydrogens is 540 g/mol. The number of nitrogens with zero attached hydrogens (tertiary/aromatic N) is 4. The van der Waals surface area contributed by atoms with Crippen molar-refractivity contribution < 1.29 is 9.47 Å². The SMILES string of the molecule is O=c1ccc2cnc(Nc3ccc(N4CCNCC4)cc3)nc2n1C(CCOc1ccccc1)CCOc1ccccc1. The number of rotatable bonds is 12. The maximum absolute atomic E-state index is 13.4. The minimum atomic E-state index is -0.204. The molecule has 220 valence electrons. The van der Waals surface area contributed by atoms with Crippen LogP contribution in [0.15, 0.2) is 108 Å². The molecule has 0 atom stereocenters. The number of anilines is 3. The number of aromatic nitrogens is 3. The molecular formula is C34H36N6O3. The lowest BCUT2D eigenvalue weighted by molar-refractivity contribution is 0.237. The van der Waals surface area contributed by atoms with Gasteiger partial charge in [0.05, 0.1) is 13.2 Å². The minimum absolute atomic E-state index is 0.123. The smallest absolute Gasteiger partial charge is 0.252 e. The van der Waals surface area contributed by atoms with Gasteiger partial charge in [-0.05, 0) is 54.6 Å². The molecule has 0 saturated carbocycles. The third-order valence-corrected chi connectivity index (χ3v) is 7.56. The van der Waals surface area contributed by atoms with E-state index in [0.717, 1.165) is 48.8 Å². The van der Waals surface area contributed by atoms with Gasteiger partial charge < -0.3 is 25.0 Å². The summed E-state index contributed by atoms with van der Waals surface area (Å²) >= 11 is 0. The van der Waals surface area contributed by atoms with Gasteiger partial charge in [-0.3, -0.25) is 9.36 Å². The van der Waals surface area contributed by atoms with Crippen LogP contribution in [-0.2, 0) is 0 Å². The van der Waals surface area contributed by atoms with Gasteiger partial charge in [0, 0.05) is 74.1 Å². The van der Waals surface area contributed by atoms with Crippen molar-refractivity contribution >= 4 is 28.4 Å². The first kappa shape index (κ1) is 28.2. The Kier molecular flexibility index (Phi) is 9.10. The van der Waals surface area contributed by atoms with Crippen molar-refractivity contribution in [2.75, 3.05) is 49.6 Å². The van der Waals surface area contributed by atoms with E-state index in [1.807, 2.05) is 72.8 Å². The monoisotopic (exact) mass is 576 g/mol. The lowest BCUT2D eigenvalue weighted by Gasteiger charge is -2.29. The van der Waals surface area contributed by atoms with Crippen molar-refractivity contribution in [2.45, 2.75) is 18.9 Å². The normalized spacial score (nSPS) is 13.3. The number of piperazine rings is 1. The van der Waals surface area contributed by atoms with Crippen molar-refractivity contribution in [3.05, 3.63) is 114 Å². The van der Waals surface area contributed by atoms with Crippen LogP contribution in [-0.4, -0.2) is 53.9 Å². The minimum Gasteiger partial charge on any atom is -0.494 e. The molecule has 5 aromatic rings. The Morgan fingerprint density at radius 3 is 2.05 bits per heavy atom. The summed E-state index contributed by atoms with van der Waals surface area (Å²) in [6.07, 6.45) is 2.96. The highest BCUT2D eigenvalue weighted by Gasteiger charge is 2.18. The van der Waals surface area contributed by atoms with E-state index >= 15 is 0 Å². The zero-order chi connectivity index (χ0) is 29.3. The second-order valence-electron chi connectivity index (χ2n) is 10.5. The fraction of sp³-hybridized carbons (Fsp3) is 0.265. The zero-order valence-electron chi connectivity index (χ0n) is 24.1. The molecule has 3 aromatic carbocycles. The second kappa shape index (κ2) is 13.8. The Hall–Kier alpha value is -4.89. The summed E-state index contributed by atoms with van der Waals surface area (Å²) in [6.45, 7) is 4.85. The van der Waals surface area contributed by atoms with Crippen molar-refractivity contribution in [1.82, 2.24) is 19.9 Å². The molecule has 2 aromatic heterocycles. The van der Waals surface area contributed by atoms with Crippen LogP contribution in [0.3, 0.4) is 0 Å². The topological polar surface area (TPSA) is 93.5 Å². The number of pyridine rings is 1. The van der Waals surface area contributed by atoms with E-state index in [1.54, 1.807) is 22.9 Å². The molecule has 1 saturated heterocycles. The lowest BCUT2D eigenvalue weighted by Crippen LogP contribution is -2.43. The van der Waals surface area contributed by atoms with Crippen LogP contribution in [0.1, 0.15) is 18.9 Å². The van der Waals surface area contributed by atoms with Gasteiger partial charge in [0.15, 0.2) is 0 Å². The molecule has 0 amide bonds. The molecule has 0 aliphatic carbocycles. The molecule has 1 aliphatic heterocycles. The van der Waals surface area contributed by atoms with E-state index < -0.39 is 0 Å². The molecule has 0 bridgehead atoms. The average molecular weight is 577 g/mol. The Balaban J connectivity index is 1.23. The van der Waals surface area contributed by atoms with Gasteiger partial charge in [-0.15, -0.1) is 0 Å². The molecule has 6 rings (SSSR count). The summed E-state index contributed by atoms with van der Waals surface area (Å²) < 4.78 is 13.8. The summed E-state index contributed by atoms with van der Waals surface area (Å²) in [5.41, 5.74) is 2.53. The Morgan fingerprint density at radius 1 is 0.791 bits per heavy atom. The molecule has 2 N–H and O–H groups in total. The number of hydrogen-bond acceptors (Lipinski definition) is 8. The molecule has 3 heterocycles. The highest BCUT2D eigenvalue weighted by atomic mass is 16.5. The van der Waals surface area contributed by atoms with Crippen LogP contribution in [0.2, 0.25) is 0 Å². The number of benzene rings is 3. The number of fused-ring (bicyclic) bond motifs is 1. The Labute approximate surface area is 251 Å². The maximum Gasteiger partial charge on any atom is 0.252 e.